The van der Waals surface area contributed by atoms with E-state index in [-0.39, 0.29) is 0 Å². The Morgan fingerprint density at radius 3 is 2.48 bits per heavy atom. The summed E-state index contributed by atoms with van der Waals surface area (Å²) in [4.78, 5) is 8.08. The molecule has 0 amide bonds. The minimum Gasteiger partial charge on any atom is -0.235 e. The lowest BCUT2D eigenvalue weighted by Crippen LogP contribution is -1.85. The van der Waals surface area contributed by atoms with Gasteiger partial charge in [-0.05, 0) is 41.8 Å². The predicted octanol–water partition coefficient (Wildman–Crippen LogP) is 6.55. The Hall–Kier alpha value is -1.89. The first kappa shape index (κ1) is 14.7. The number of thiazole rings is 1. The Morgan fingerprint density at radius 2 is 1.70 bits per heavy atom. The van der Waals surface area contributed by atoms with Gasteiger partial charge in [0.25, 0.3) is 0 Å². The van der Waals surface area contributed by atoms with Crippen LogP contribution in [0.15, 0.2) is 53.2 Å². The largest absolute Gasteiger partial charge is 0.235 e. The monoisotopic (exact) mass is 361 g/mol. The molecule has 0 saturated heterocycles. The number of hydrogen-bond donors (Lipinski definition) is 0. The molecule has 0 radical (unpaired) electrons. The number of rotatable bonds is 3. The standard InChI is InChI=1S/C17H9F2NS3/c18-11-4-3-10(8-12(11)19)13-9-22-17(20-13)16-6-5-15(23-16)14-2-1-7-21-14/h1-9H. The minimum absolute atomic E-state index is 0.585. The van der Waals surface area contributed by atoms with Crippen molar-refractivity contribution in [1.29, 1.82) is 0 Å². The van der Waals surface area contributed by atoms with Crippen LogP contribution in [-0.2, 0) is 0 Å². The van der Waals surface area contributed by atoms with Crippen molar-refractivity contribution in [2.75, 3.05) is 0 Å². The summed E-state index contributed by atoms with van der Waals surface area (Å²) >= 11 is 4.89. The highest BCUT2D eigenvalue weighted by atomic mass is 32.1. The quantitative estimate of drug-likeness (QED) is 0.403. The van der Waals surface area contributed by atoms with Crippen LogP contribution >= 0.6 is 34.0 Å². The molecule has 0 spiro atoms. The van der Waals surface area contributed by atoms with Gasteiger partial charge in [0.1, 0.15) is 5.01 Å². The zero-order valence-corrected chi connectivity index (χ0v) is 14.1. The summed E-state index contributed by atoms with van der Waals surface area (Å²) in [5, 5.41) is 4.81. The first-order valence-electron chi connectivity index (χ1n) is 6.76. The van der Waals surface area contributed by atoms with Crippen LogP contribution in [0.4, 0.5) is 8.78 Å². The van der Waals surface area contributed by atoms with Crippen molar-refractivity contribution in [1.82, 2.24) is 4.98 Å². The van der Waals surface area contributed by atoms with Crippen LogP contribution in [0.3, 0.4) is 0 Å². The third kappa shape index (κ3) is 2.85. The SMILES string of the molecule is Fc1ccc(-c2csc(-c3ccc(-c4cccs4)s3)n2)cc1F. The van der Waals surface area contributed by atoms with Crippen molar-refractivity contribution in [3.8, 4) is 30.9 Å². The van der Waals surface area contributed by atoms with Crippen molar-refractivity contribution < 1.29 is 8.78 Å². The van der Waals surface area contributed by atoms with Crippen molar-refractivity contribution in [2.24, 2.45) is 0 Å². The Morgan fingerprint density at radius 1 is 0.826 bits per heavy atom. The Bertz CT molecular complexity index is 954. The van der Waals surface area contributed by atoms with Gasteiger partial charge in [-0.15, -0.1) is 34.0 Å². The minimum atomic E-state index is -0.854. The molecule has 0 N–H and O–H groups in total. The lowest BCUT2D eigenvalue weighted by atomic mass is 10.2. The van der Waals surface area contributed by atoms with Gasteiger partial charge in [-0.2, -0.15) is 0 Å². The summed E-state index contributed by atoms with van der Waals surface area (Å²) in [7, 11) is 0. The summed E-state index contributed by atoms with van der Waals surface area (Å²) < 4.78 is 26.4. The van der Waals surface area contributed by atoms with Crippen LogP contribution < -0.4 is 0 Å². The fourth-order valence-electron chi connectivity index (χ4n) is 2.18. The van der Waals surface area contributed by atoms with Gasteiger partial charge in [0, 0.05) is 20.7 Å². The smallest absolute Gasteiger partial charge is 0.159 e. The van der Waals surface area contributed by atoms with Crippen LogP contribution in [0, 0.1) is 11.6 Å². The molecule has 0 aliphatic heterocycles. The van der Waals surface area contributed by atoms with Crippen LogP contribution in [-0.4, -0.2) is 4.98 Å². The zero-order chi connectivity index (χ0) is 15.8. The normalized spacial score (nSPS) is 11.0. The number of halogens is 2. The second-order valence-corrected chi connectivity index (χ2v) is 7.70. The van der Waals surface area contributed by atoms with Crippen molar-refractivity contribution in [2.45, 2.75) is 0 Å². The summed E-state index contributed by atoms with van der Waals surface area (Å²) in [6.45, 7) is 0. The molecule has 0 saturated carbocycles. The highest BCUT2D eigenvalue weighted by Gasteiger charge is 2.12. The Balaban J connectivity index is 1.66. The number of thiophene rings is 2. The van der Waals surface area contributed by atoms with E-state index in [0.29, 0.717) is 11.3 Å². The molecule has 0 fully saturated rings. The molecule has 0 aliphatic carbocycles. The molecule has 23 heavy (non-hydrogen) atoms. The Kier molecular flexibility index (Phi) is 3.80. The molecule has 3 heterocycles. The predicted molar refractivity (Wildman–Crippen MR) is 94.1 cm³/mol. The molecule has 0 aliphatic rings. The van der Waals surface area contributed by atoms with Crippen molar-refractivity contribution in [3.63, 3.8) is 0 Å². The fraction of sp³-hybridized carbons (Fsp3) is 0. The van der Waals surface area contributed by atoms with Gasteiger partial charge in [0.05, 0.1) is 10.6 Å². The molecule has 1 aromatic carbocycles. The maximum atomic E-state index is 13.4. The number of benzene rings is 1. The maximum absolute atomic E-state index is 13.4. The van der Waals surface area contributed by atoms with E-state index in [2.05, 4.69) is 22.5 Å². The van der Waals surface area contributed by atoms with E-state index >= 15 is 0 Å². The van der Waals surface area contributed by atoms with E-state index in [4.69, 9.17) is 0 Å². The summed E-state index contributed by atoms with van der Waals surface area (Å²) in [6.07, 6.45) is 0. The lowest BCUT2D eigenvalue weighted by Gasteiger charge is -1.97. The average molecular weight is 361 g/mol. The molecule has 114 valence electrons. The average Bonchev–Trinajstić information content (AvgIpc) is 3.30. The lowest BCUT2D eigenvalue weighted by molar-refractivity contribution is 0.509. The van der Waals surface area contributed by atoms with Gasteiger partial charge in [-0.1, -0.05) is 6.07 Å². The first-order valence-corrected chi connectivity index (χ1v) is 9.33. The van der Waals surface area contributed by atoms with E-state index < -0.39 is 11.6 Å². The second kappa shape index (κ2) is 5.96. The molecule has 4 rings (SSSR count). The topological polar surface area (TPSA) is 12.9 Å². The van der Waals surface area contributed by atoms with Crippen LogP contribution in [0.2, 0.25) is 0 Å². The van der Waals surface area contributed by atoms with Gasteiger partial charge in [-0.3, -0.25) is 0 Å². The van der Waals surface area contributed by atoms with Crippen molar-refractivity contribution in [3.05, 3.63) is 64.9 Å². The molecule has 4 aromatic rings. The van der Waals surface area contributed by atoms with E-state index in [1.54, 1.807) is 28.7 Å². The van der Waals surface area contributed by atoms with Crippen LogP contribution in [0.1, 0.15) is 0 Å². The zero-order valence-electron chi connectivity index (χ0n) is 11.6. The third-order valence-corrected chi connectivity index (χ3v) is 6.46. The molecule has 0 unspecified atom stereocenters. The first-order chi connectivity index (χ1) is 11.2. The fourth-order valence-corrected chi connectivity index (χ4v) is 4.92. The molecule has 3 aromatic heterocycles. The summed E-state index contributed by atoms with van der Waals surface area (Å²) in [6, 6.07) is 12.1. The highest BCUT2D eigenvalue weighted by molar-refractivity contribution is 7.25. The highest BCUT2D eigenvalue weighted by Crippen LogP contribution is 2.38. The van der Waals surface area contributed by atoms with Crippen molar-refractivity contribution >= 4 is 34.0 Å². The molecule has 1 nitrogen and oxygen atoms in total. The number of aromatic nitrogens is 1. The van der Waals surface area contributed by atoms with E-state index in [9.17, 15) is 8.78 Å². The van der Waals surface area contributed by atoms with E-state index in [1.165, 1.54) is 27.2 Å². The molecular formula is C17H9F2NS3. The summed E-state index contributed by atoms with van der Waals surface area (Å²) in [5.41, 5.74) is 1.25. The van der Waals surface area contributed by atoms with Gasteiger partial charge >= 0.3 is 0 Å². The van der Waals surface area contributed by atoms with Crippen LogP contribution in [0.5, 0.6) is 0 Å². The second-order valence-electron chi connectivity index (χ2n) is 4.81. The van der Waals surface area contributed by atoms with E-state index in [1.807, 2.05) is 17.5 Å². The Labute approximate surface area is 143 Å². The van der Waals surface area contributed by atoms with Gasteiger partial charge in [-0.25, -0.2) is 13.8 Å². The van der Waals surface area contributed by atoms with Gasteiger partial charge < -0.3 is 0 Å². The van der Waals surface area contributed by atoms with Gasteiger partial charge in [0.2, 0.25) is 0 Å². The number of nitrogens with zero attached hydrogens (tertiary/aromatic N) is 1. The summed E-state index contributed by atoms with van der Waals surface area (Å²) in [5.74, 6) is -1.70. The van der Waals surface area contributed by atoms with E-state index in [0.717, 1.165) is 16.0 Å². The molecule has 0 atom stereocenters. The molecule has 6 heteroatoms. The molecular weight excluding hydrogens is 352 g/mol. The third-order valence-electron chi connectivity index (χ3n) is 3.30. The van der Waals surface area contributed by atoms with Gasteiger partial charge in [0.15, 0.2) is 11.6 Å². The van der Waals surface area contributed by atoms with Crippen LogP contribution in [0.25, 0.3) is 30.9 Å². The molecule has 0 bridgehead atoms. The maximum Gasteiger partial charge on any atom is 0.159 e. The number of hydrogen-bond acceptors (Lipinski definition) is 4.